The van der Waals surface area contributed by atoms with Crippen LogP contribution in [0.25, 0.3) is 21.7 Å². The average molecular weight is 450 g/mol. The number of benzene rings is 1. The molecule has 4 aromatic rings. The van der Waals surface area contributed by atoms with Gasteiger partial charge < -0.3 is 14.6 Å². The van der Waals surface area contributed by atoms with Gasteiger partial charge in [0, 0.05) is 0 Å². The third-order valence-electron chi connectivity index (χ3n) is 5.35. The quantitative estimate of drug-likeness (QED) is 0.420. The van der Waals surface area contributed by atoms with Crippen LogP contribution in [0.3, 0.4) is 0 Å². The molecule has 32 heavy (non-hydrogen) atoms. The molecule has 0 spiro atoms. The fraction of sp³-hybridized carbons (Fsp3) is 0.250. The lowest BCUT2D eigenvalue weighted by Crippen LogP contribution is -2.31. The number of rotatable bonds is 6. The van der Waals surface area contributed by atoms with Crippen LogP contribution in [0.2, 0.25) is 0 Å². The van der Waals surface area contributed by atoms with Gasteiger partial charge in [0.25, 0.3) is 11.6 Å². The van der Waals surface area contributed by atoms with Crippen LogP contribution in [0.5, 0.6) is 0 Å². The van der Waals surface area contributed by atoms with Gasteiger partial charge in [-0.1, -0.05) is 29.4 Å². The van der Waals surface area contributed by atoms with Gasteiger partial charge in [0.1, 0.15) is 0 Å². The second-order valence-corrected chi connectivity index (χ2v) is 8.64. The highest BCUT2D eigenvalue weighted by Crippen LogP contribution is 2.29. The molecule has 8 heteroatoms. The number of aryl methyl sites for hydroxylation is 3. The largest absolute Gasteiger partial charge is 0.452 e. The van der Waals surface area contributed by atoms with E-state index in [0.29, 0.717) is 16.8 Å². The number of nitrogens with one attached hydrogen (secondary N) is 1. The van der Waals surface area contributed by atoms with E-state index >= 15 is 0 Å². The minimum Gasteiger partial charge on any atom is -0.452 e. The Balaban J connectivity index is 1.48. The van der Waals surface area contributed by atoms with Gasteiger partial charge in [-0.05, 0) is 61.9 Å². The molecular formula is C24H23N3O4S. The Morgan fingerprint density at radius 2 is 1.97 bits per heavy atom. The molecule has 0 saturated heterocycles. The molecule has 0 saturated carbocycles. The van der Waals surface area contributed by atoms with Gasteiger partial charge in [-0.3, -0.25) is 4.79 Å². The first kappa shape index (κ1) is 21.7. The molecule has 1 atom stereocenters. The Bertz CT molecular complexity index is 1290. The van der Waals surface area contributed by atoms with E-state index < -0.39 is 12.6 Å². The first-order chi connectivity index (χ1) is 15.3. The van der Waals surface area contributed by atoms with Gasteiger partial charge >= 0.3 is 5.97 Å². The predicted octanol–water partition coefficient (Wildman–Crippen LogP) is 4.91. The summed E-state index contributed by atoms with van der Waals surface area (Å²) in [5.74, 6) is -1.01. The standard InChI is InChI=1S/C24H23N3O4S/c1-13-7-8-17(10-14(13)2)15(3)25-21(28)12-30-24(29)18-11-19(20-6-5-9-32-20)26-23-22(18)16(4)27-31-23/h5-11,15H,12H2,1-4H3,(H,25,28). The second-order valence-electron chi connectivity index (χ2n) is 7.69. The summed E-state index contributed by atoms with van der Waals surface area (Å²) in [4.78, 5) is 30.6. The van der Waals surface area contributed by atoms with E-state index in [2.05, 4.69) is 15.5 Å². The van der Waals surface area contributed by atoms with E-state index in [9.17, 15) is 9.59 Å². The Hall–Kier alpha value is -3.52. The Morgan fingerprint density at radius 1 is 1.16 bits per heavy atom. The molecule has 0 aliphatic heterocycles. The Kier molecular flexibility index (Phi) is 6.05. The highest BCUT2D eigenvalue weighted by atomic mass is 32.1. The molecule has 3 heterocycles. The van der Waals surface area contributed by atoms with Gasteiger partial charge in [-0.2, -0.15) is 0 Å². The molecule has 1 N–H and O–H groups in total. The molecule has 0 radical (unpaired) electrons. The van der Waals surface area contributed by atoms with E-state index in [-0.39, 0.29) is 23.2 Å². The van der Waals surface area contributed by atoms with Crippen molar-refractivity contribution in [3.8, 4) is 10.6 Å². The lowest BCUT2D eigenvalue weighted by atomic mass is 10.0. The zero-order chi connectivity index (χ0) is 22.8. The van der Waals surface area contributed by atoms with Crippen molar-refractivity contribution in [3.05, 3.63) is 69.7 Å². The number of hydrogen-bond acceptors (Lipinski definition) is 7. The minimum atomic E-state index is -0.629. The van der Waals surface area contributed by atoms with E-state index in [4.69, 9.17) is 9.26 Å². The molecule has 4 rings (SSSR count). The first-order valence-electron chi connectivity index (χ1n) is 10.2. The van der Waals surface area contributed by atoms with Crippen LogP contribution in [0.4, 0.5) is 0 Å². The Labute approximate surface area is 189 Å². The molecule has 7 nitrogen and oxygen atoms in total. The van der Waals surface area contributed by atoms with E-state index in [1.165, 1.54) is 16.9 Å². The van der Waals surface area contributed by atoms with Crippen molar-refractivity contribution >= 4 is 34.3 Å². The molecule has 1 aromatic carbocycles. The van der Waals surface area contributed by atoms with Crippen molar-refractivity contribution in [3.63, 3.8) is 0 Å². The van der Waals surface area contributed by atoms with E-state index in [0.717, 1.165) is 16.0 Å². The number of nitrogens with zero attached hydrogens (tertiary/aromatic N) is 2. The van der Waals surface area contributed by atoms with Gasteiger partial charge in [0.2, 0.25) is 0 Å². The molecule has 1 unspecified atom stereocenters. The summed E-state index contributed by atoms with van der Waals surface area (Å²) in [5.41, 5.74) is 4.98. The number of ether oxygens (including phenoxy) is 1. The molecule has 0 bridgehead atoms. The maximum Gasteiger partial charge on any atom is 0.339 e. The SMILES string of the molecule is Cc1ccc(C(C)NC(=O)COC(=O)c2cc(-c3cccs3)nc3onc(C)c23)cc1C. The lowest BCUT2D eigenvalue weighted by molar-refractivity contribution is -0.124. The molecular weight excluding hydrogens is 426 g/mol. The lowest BCUT2D eigenvalue weighted by Gasteiger charge is -2.16. The highest BCUT2D eigenvalue weighted by molar-refractivity contribution is 7.13. The zero-order valence-corrected chi connectivity index (χ0v) is 19.1. The summed E-state index contributed by atoms with van der Waals surface area (Å²) in [6.07, 6.45) is 0. The average Bonchev–Trinajstić information content (AvgIpc) is 3.43. The molecule has 1 amide bonds. The third-order valence-corrected chi connectivity index (χ3v) is 6.25. The van der Waals surface area contributed by atoms with Crippen LogP contribution < -0.4 is 5.32 Å². The number of amides is 1. The van der Waals surface area contributed by atoms with Crippen molar-refractivity contribution in [2.75, 3.05) is 6.61 Å². The van der Waals surface area contributed by atoms with Gasteiger partial charge in [0.15, 0.2) is 6.61 Å². The van der Waals surface area contributed by atoms with Crippen molar-refractivity contribution in [1.82, 2.24) is 15.5 Å². The summed E-state index contributed by atoms with van der Waals surface area (Å²) in [6, 6.07) is 11.3. The van der Waals surface area contributed by atoms with Crippen molar-refractivity contribution in [2.45, 2.75) is 33.7 Å². The van der Waals surface area contributed by atoms with Crippen molar-refractivity contribution < 1.29 is 18.8 Å². The molecule has 164 valence electrons. The number of thiophene rings is 1. The third kappa shape index (κ3) is 4.40. The first-order valence-corrected chi connectivity index (χ1v) is 11.1. The van der Waals surface area contributed by atoms with Crippen LogP contribution in [0, 0.1) is 20.8 Å². The predicted molar refractivity (Wildman–Crippen MR) is 123 cm³/mol. The van der Waals surface area contributed by atoms with Crippen molar-refractivity contribution in [1.29, 1.82) is 0 Å². The number of esters is 1. The molecule has 3 aromatic heterocycles. The van der Waals surface area contributed by atoms with Crippen molar-refractivity contribution in [2.24, 2.45) is 0 Å². The summed E-state index contributed by atoms with van der Waals surface area (Å²) >= 11 is 1.50. The minimum absolute atomic E-state index is 0.209. The number of aromatic nitrogens is 2. The maximum absolute atomic E-state index is 12.9. The van der Waals surface area contributed by atoms with E-state index in [1.54, 1.807) is 13.0 Å². The number of carbonyl (C=O) groups is 2. The monoisotopic (exact) mass is 449 g/mol. The fourth-order valence-electron chi connectivity index (χ4n) is 3.42. The van der Waals surface area contributed by atoms with Gasteiger partial charge in [0.05, 0.1) is 33.3 Å². The number of hydrogen-bond donors (Lipinski definition) is 1. The zero-order valence-electron chi connectivity index (χ0n) is 18.3. The number of pyridine rings is 1. The summed E-state index contributed by atoms with van der Waals surface area (Å²) in [7, 11) is 0. The number of fused-ring (bicyclic) bond motifs is 1. The summed E-state index contributed by atoms with van der Waals surface area (Å²) in [6.45, 7) is 7.30. The van der Waals surface area contributed by atoms with Crippen LogP contribution in [0.15, 0.2) is 46.3 Å². The smallest absolute Gasteiger partial charge is 0.339 e. The summed E-state index contributed by atoms with van der Waals surface area (Å²) < 4.78 is 10.6. The molecule has 0 aliphatic rings. The maximum atomic E-state index is 12.9. The van der Waals surface area contributed by atoms with Crippen LogP contribution in [0.1, 0.15) is 45.7 Å². The Morgan fingerprint density at radius 3 is 2.69 bits per heavy atom. The van der Waals surface area contributed by atoms with Gasteiger partial charge in [-0.25, -0.2) is 9.78 Å². The van der Waals surface area contributed by atoms with Crippen LogP contribution >= 0.6 is 11.3 Å². The van der Waals surface area contributed by atoms with Crippen LogP contribution in [-0.2, 0) is 9.53 Å². The normalized spacial score (nSPS) is 12.0. The molecule has 0 fully saturated rings. The fourth-order valence-corrected chi connectivity index (χ4v) is 4.10. The van der Waals surface area contributed by atoms with E-state index in [1.807, 2.05) is 56.5 Å². The topological polar surface area (TPSA) is 94.3 Å². The second kappa shape index (κ2) is 8.92. The molecule has 0 aliphatic carbocycles. The number of carbonyl (C=O) groups excluding carboxylic acids is 2. The highest BCUT2D eigenvalue weighted by Gasteiger charge is 2.22. The van der Waals surface area contributed by atoms with Gasteiger partial charge in [-0.15, -0.1) is 11.3 Å². The van der Waals surface area contributed by atoms with Crippen LogP contribution in [-0.4, -0.2) is 28.6 Å². The summed E-state index contributed by atoms with van der Waals surface area (Å²) in [5, 5.41) is 9.20.